The zero-order chi connectivity index (χ0) is 21.4. The van der Waals surface area contributed by atoms with Crippen molar-refractivity contribution in [3.63, 3.8) is 0 Å². The molecule has 1 aliphatic carbocycles. The smallest absolute Gasteiger partial charge is 0.118 e. The first-order valence-electron chi connectivity index (χ1n) is 10.2. The number of nitrogens with zero attached hydrogens (tertiary/aromatic N) is 2. The van der Waals surface area contributed by atoms with Crippen LogP contribution in [0.4, 0.5) is 5.69 Å². The molecule has 3 atom stereocenters. The van der Waals surface area contributed by atoms with E-state index in [2.05, 4.69) is 21.5 Å². The second kappa shape index (κ2) is 8.24. The highest BCUT2D eigenvalue weighted by Crippen LogP contribution is 2.50. The number of methoxy groups -OCH3 is 1. The van der Waals surface area contributed by atoms with Gasteiger partial charge < -0.3 is 20.4 Å². The number of rotatable bonds is 5. The molecule has 3 unspecified atom stereocenters. The summed E-state index contributed by atoms with van der Waals surface area (Å²) in [5, 5.41) is 27.4. The molecule has 0 radical (unpaired) electrons. The number of aliphatic hydroxyl groups is 1. The standard InChI is InChI=1S/C24H23N3O3S/c1-30-17-6-2-14(3-7-17)23(28)24-22(19-10-11-25-13-21(19)31-24)26-16-5-8-18-15(12-16)4-9-20(18)27-29/h2-3,5-8,10-13,22-24,26,28-29H,4,9H2,1H3/b27-20+. The van der Waals surface area contributed by atoms with Gasteiger partial charge in [0.25, 0.3) is 0 Å². The average molecular weight is 434 g/mol. The molecule has 2 heterocycles. The Morgan fingerprint density at radius 3 is 2.77 bits per heavy atom. The van der Waals surface area contributed by atoms with E-state index in [0.717, 1.165) is 51.6 Å². The molecule has 3 N–H and O–H groups in total. The average Bonchev–Trinajstić information content (AvgIpc) is 3.40. The fourth-order valence-corrected chi connectivity index (χ4v) is 5.76. The Balaban J connectivity index is 1.45. The van der Waals surface area contributed by atoms with Crippen LogP contribution in [-0.2, 0) is 6.42 Å². The van der Waals surface area contributed by atoms with Crippen molar-refractivity contribution in [1.29, 1.82) is 0 Å². The lowest BCUT2D eigenvalue weighted by molar-refractivity contribution is 0.168. The van der Waals surface area contributed by atoms with Crippen LogP contribution in [0.5, 0.6) is 5.75 Å². The van der Waals surface area contributed by atoms with Gasteiger partial charge in [-0.15, -0.1) is 11.8 Å². The molecular formula is C24H23N3O3S. The quantitative estimate of drug-likeness (QED) is 0.403. The van der Waals surface area contributed by atoms with Gasteiger partial charge in [0.1, 0.15) is 5.75 Å². The molecule has 0 bridgehead atoms. The van der Waals surface area contributed by atoms with Crippen LogP contribution < -0.4 is 10.1 Å². The van der Waals surface area contributed by atoms with E-state index < -0.39 is 6.10 Å². The number of aromatic nitrogens is 1. The Kier molecular flexibility index (Phi) is 5.29. The van der Waals surface area contributed by atoms with Crippen molar-refractivity contribution < 1.29 is 15.1 Å². The van der Waals surface area contributed by atoms with Gasteiger partial charge in [0, 0.05) is 28.5 Å². The predicted octanol–water partition coefficient (Wildman–Crippen LogP) is 4.58. The van der Waals surface area contributed by atoms with E-state index in [1.807, 2.05) is 48.7 Å². The summed E-state index contributed by atoms with van der Waals surface area (Å²) in [6.07, 6.45) is 4.61. The van der Waals surface area contributed by atoms with Crippen molar-refractivity contribution in [2.24, 2.45) is 5.16 Å². The van der Waals surface area contributed by atoms with Crippen molar-refractivity contribution in [3.05, 3.63) is 83.2 Å². The van der Waals surface area contributed by atoms with Gasteiger partial charge in [0.05, 0.1) is 30.2 Å². The third kappa shape index (κ3) is 3.64. The van der Waals surface area contributed by atoms with Crippen molar-refractivity contribution >= 4 is 23.2 Å². The Labute approximate surface area is 185 Å². The number of fused-ring (bicyclic) bond motifs is 2. The number of aryl methyl sites for hydroxylation is 1. The van der Waals surface area contributed by atoms with E-state index in [-0.39, 0.29) is 11.3 Å². The number of thioether (sulfide) groups is 1. The van der Waals surface area contributed by atoms with Crippen LogP contribution in [0.15, 0.2) is 71.0 Å². The molecule has 0 spiro atoms. The number of anilines is 1. The van der Waals surface area contributed by atoms with Crippen LogP contribution in [0.2, 0.25) is 0 Å². The highest BCUT2D eigenvalue weighted by Gasteiger charge is 2.39. The van der Waals surface area contributed by atoms with Crippen LogP contribution in [0.25, 0.3) is 0 Å². The van der Waals surface area contributed by atoms with Gasteiger partial charge in [-0.3, -0.25) is 4.98 Å². The minimum Gasteiger partial charge on any atom is -0.497 e. The SMILES string of the molecule is COc1ccc(C(O)C2Sc3cnccc3C2Nc2ccc3c(c2)CC/C3=N\O)cc1. The number of hydrogen-bond donors (Lipinski definition) is 3. The number of aliphatic hydroxyl groups excluding tert-OH is 1. The summed E-state index contributed by atoms with van der Waals surface area (Å²) in [6, 6.07) is 15.6. The van der Waals surface area contributed by atoms with Gasteiger partial charge in [-0.05, 0) is 59.9 Å². The summed E-state index contributed by atoms with van der Waals surface area (Å²) in [5.74, 6) is 0.765. The van der Waals surface area contributed by atoms with Gasteiger partial charge in [0.2, 0.25) is 0 Å². The van der Waals surface area contributed by atoms with E-state index in [1.54, 1.807) is 25.1 Å². The predicted molar refractivity (Wildman–Crippen MR) is 121 cm³/mol. The number of hydrogen-bond acceptors (Lipinski definition) is 7. The second-order valence-electron chi connectivity index (χ2n) is 7.75. The first-order valence-corrected chi connectivity index (χ1v) is 11.1. The zero-order valence-electron chi connectivity index (χ0n) is 17.0. The Morgan fingerprint density at radius 2 is 2.00 bits per heavy atom. The summed E-state index contributed by atoms with van der Waals surface area (Å²) in [7, 11) is 1.63. The molecule has 1 aromatic heterocycles. The van der Waals surface area contributed by atoms with E-state index in [4.69, 9.17) is 4.74 Å². The lowest BCUT2D eigenvalue weighted by Gasteiger charge is -2.27. The first-order chi connectivity index (χ1) is 15.2. The Hall–Kier alpha value is -3.03. The summed E-state index contributed by atoms with van der Waals surface area (Å²) in [5.41, 5.74) is 5.89. The molecule has 158 valence electrons. The van der Waals surface area contributed by atoms with Gasteiger partial charge in [-0.25, -0.2) is 0 Å². The summed E-state index contributed by atoms with van der Waals surface area (Å²) in [6.45, 7) is 0. The third-order valence-corrected chi connectivity index (χ3v) is 7.40. The molecule has 0 saturated heterocycles. The Morgan fingerprint density at radius 1 is 1.16 bits per heavy atom. The van der Waals surface area contributed by atoms with E-state index in [9.17, 15) is 10.3 Å². The van der Waals surface area contributed by atoms with Gasteiger partial charge in [-0.1, -0.05) is 23.4 Å². The number of nitrogens with one attached hydrogen (secondary N) is 1. The molecule has 0 amide bonds. The van der Waals surface area contributed by atoms with Gasteiger partial charge in [-0.2, -0.15) is 0 Å². The molecule has 2 aliphatic rings. The van der Waals surface area contributed by atoms with E-state index >= 15 is 0 Å². The Bertz CT molecular complexity index is 1130. The topological polar surface area (TPSA) is 87.0 Å². The molecule has 5 rings (SSSR count). The fraction of sp³-hybridized carbons (Fsp3) is 0.250. The third-order valence-electron chi connectivity index (χ3n) is 6.00. The van der Waals surface area contributed by atoms with Crippen LogP contribution >= 0.6 is 11.8 Å². The van der Waals surface area contributed by atoms with Crippen molar-refractivity contribution in [2.75, 3.05) is 12.4 Å². The zero-order valence-corrected chi connectivity index (χ0v) is 17.8. The minimum atomic E-state index is -0.664. The van der Waals surface area contributed by atoms with E-state index in [1.165, 1.54) is 5.56 Å². The normalized spacial score (nSPS) is 21.5. The number of pyridine rings is 1. The monoisotopic (exact) mass is 433 g/mol. The molecular weight excluding hydrogens is 410 g/mol. The van der Waals surface area contributed by atoms with Crippen LogP contribution in [0, 0.1) is 0 Å². The van der Waals surface area contributed by atoms with Gasteiger partial charge in [0.15, 0.2) is 0 Å². The highest BCUT2D eigenvalue weighted by molar-refractivity contribution is 8.00. The molecule has 0 saturated carbocycles. The van der Waals surface area contributed by atoms with Crippen molar-refractivity contribution in [1.82, 2.24) is 4.98 Å². The molecule has 6 nitrogen and oxygen atoms in total. The lowest BCUT2D eigenvalue weighted by atomic mass is 9.96. The highest BCUT2D eigenvalue weighted by atomic mass is 32.2. The minimum absolute atomic E-state index is 0.0782. The van der Waals surface area contributed by atoms with Crippen LogP contribution in [0.1, 0.15) is 40.8 Å². The maximum absolute atomic E-state index is 11.3. The second-order valence-corrected chi connectivity index (χ2v) is 8.97. The molecule has 0 fully saturated rings. The molecule has 31 heavy (non-hydrogen) atoms. The first kappa shape index (κ1) is 19.9. The van der Waals surface area contributed by atoms with Crippen molar-refractivity contribution in [3.8, 4) is 5.75 Å². The number of ether oxygens (including phenoxy) is 1. The molecule has 3 aromatic rings. The van der Waals surface area contributed by atoms with Crippen LogP contribution in [-0.4, -0.2) is 33.4 Å². The van der Waals surface area contributed by atoms with Gasteiger partial charge >= 0.3 is 0 Å². The van der Waals surface area contributed by atoms with Crippen LogP contribution in [0.3, 0.4) is 0 Å². The molecule has 7 heteroatoms. The molecule has 2 aromatic carbocycles. The summed E-state index contributed by atoms with van der Waals surface area (Å²) < 4.78 is 5.25. The van der Waals surface area contributed by atoms with Crippen molar-refractivity contribution in [2.45, 2.75) is 35.1 Å². The lowest BCUT2D eigenvalue weighted by Crippen LogP contribution is -2.25. The fourth-order valence-electron chi connectivity index (χ4n) is 4.38. The number of benzene rings is 2. The molecule has 1 aliphatic heterocycles. The van der Waals surface area contributed by atoms with E-state index in [0.29, 0.717) is 0 Å². The summed E-state index contributed by atoms with van der Waals surface area (Å²) in [4.78, 5) is 5.35. The maximum atomic E-state index is 11.3. The largest absolute Gasteiger partial charge is 0.497 e. The number of oxime groups is 1. The summed E-state index contributed by atoms with van der Waals surface area (Å²) >= 11 is 1.65. The maximum Gasteiger partial charge on any atom is 0.118 e.